The number of rotatable bonds is 3. The van der Waals surface area contributed by atoms with E-state index >= 15 is 0 Å². The Morgan fingerprint density at radius 2 is 2.15 bits per heavy atom. The number of hydrogen-bond acceptors (Lipinski definition) is 2. The molecule has 0 fully saturated rings. The first-order valence-corrected chi connectivity index (χ1v) is 7.22. The normalized spacial score (nSPS) is 13.4. The second-order valence-corrected chi connectivity index (χ2v) is 6.42. The van der Waals surface area contributed by atoms with Crippen LogP contribution in [0.15, 0.2) is 18.2 Å². The van der Waals surface area contributed by atoms with Crippen LogP contribution in [0.1, 0.15) is 33.5 Å². The van der Waals surface area contributed by atoms with Gasteiger partial charge >= 0.3 is 0 Å². The molecule has 20 heavy (non-hydrogen) atoms. The fourth-order valence-corrected chi connectivity index (χ4v) is 1.92. The van der Waals surface area contributed by atoms with E-state index in [-0.39, 0.29) is 17.2 Å². The highest BCUT2D eigenvalue weighted by molar-refractivity contribution is 6.19. The predicted molar refractivity (Wildman–Crippen MR) is 83.3 cm³/mol. The van der Waals surface area contributed by atoms with Gasteiger partial charge in [-0.15, -0.1) is 11.6 Å². The van der Waals surface area contributed by atoms with Gasteiger partial charge in [0.05, 0.1) is 11.0 Å². The molecule has 1 heterocycles. The van der Waals surface area contributed by atoms with Gasteiger partial charge in [-0.25, -0.2) is 4.98 Å². The Labute approximate surface area is 123 Å². The SMILES string of the molecule is CC(CCl)C(=O)Nc1ccc2nc(C(C)(C)C)[nH]c2c1. The molecule has 2 N–H and O–H groups in total. The van der Waals surface area contributed by atoms with Crippen LogP contribution in [0, 0.1) is 5.92 Å². The Bertz CT molecular complexity index is 628. The number of benzene rings is 1. The monoisotopic (exact) mass is 293 g/mol. The Hall–Kier alpha value is -1.55. The first kappa shape index (κ1) is 14.9. The highest BCUT2D eigenvalue weighted by atomic mass is 35.5. The van der Waals surface area contributed by atoms with Gasteiger partial charge in [0.15, 0.2) is 0 Å². The molecule has 5 heteroatoms. The van der Waals surface area contributed by atoms with Gasteiger partial charge in [-0.3, -0.25) is 4.79 Å². The Morgan fingerprint density at radius 1 is 1.45 bits per heavy atom. The lowest BCUT2D eigenvalue weighted by Crippen LogP contribution is -2.21. The third-order valence-corrected chi connectivity index (χ3v) is 3.60. The molecule has 0 saturated carbocycles. The van der Waals surface area contributed by atoms with E-state index in [2.05, 4.69) is 36.1 Å². The maximum absolute atomic E-state index is 11.8. The smallest absolute Gasteiger partial charge is 0.228 e. The van der Waals surface area contributed by atoms with Crippen LogP contribution < -0.4 is 5.32 Å². The average Bonchev–Trinajstić information content (AvgIpc) is 2.80. The number of alkyl halides is 1. The summed E-state index contributed by atoms with van der Waals surface area (Å²) >= 11 is 5.68. The summed E-state index contributed by atoms with van der Waals surface area (Å²) in [6.07, 6.45) is 0. The first-order valence-electron chi connectivity index (χ1n) is 6.68. The number of H-pyrrole nitrogens is 1. The number of nitrogens with zero attached hydrogens (tertiary/aromatic N) is 1. The second kappa shape index (κ2) is 5.44. The van der Waals surface area contributed by atoms with Gasteiger partial charge in [-0.05, 0) is 18.2 Å². The van der Waals surface area contributed by atoms with Gasteiger partial charge < -0.3 is 10.3 Å². The molecule has 1 aromatic carbocycles. The van der Waals surface area contributed by atoms with Crippen LogP contribution in [0.3, 0.4) is 0 Å². The summed E-state index contributed by atoms with van der Waals surface area (Å²) in [5, 5.41) is 2.86. The summed E-state index contributed by atoms with van der Waals surface area (Å²) in [5.41, 5.74) is 2.54. The van der Waals surface area contributed by atoms with Crippen LogP contribution in [0.25, 0.3) is 11.0 Å². The molecule has 0 aliphatic rings. The fourth-order valence-electron chi connectivity index (χ4n) is 1.78. The number of hydrogen-bond donors (Lipinski definition) is 2. The number of aromatic nitrogens is 2. The molecule has 0 saturated heterocycles. The molecule has 0 aliphatic carbocycles. The van der Waals surface area contributed by atoms with Gasteiger partial charge in [-0.1, -0.05) is 27.7 Å². The Kier molecular flexibility index (Phi) is 4.04. The molecule has 4 nitrogen and oxygen atoms in total. The molecule has 0 bridgehead atoms. The fraction of sp³-hybridized carbons (Fsp3) is 0.467. The number of fused-ring (bicyclic) bond motifs is 1. The number of carbonyl (C=O) groups is 1. The van der Waals surface area contributed by atoms with E-state index in [1.807, 2.05) is 18.2 Å². The molecule has 108 valence electrons. The van der Waals surface area contributed by atoms with E-state index in [9.17, 15) is 4.79 Å². The number of carbonyl (C=O) groups excluding carboxylic acids is 1. The zero-order chi connectivity index (χ0) is 14.9. The average molecular weight is 294 g/mol. The minimum absolute atomic E-state index is 0.0322. The molecule has 1 unspecified atom stereocenters. The minimum atomic E-state index is -0.209. The predicted octanol–water partition coefficient (Wildman–Crippen LogP) is 3.67. The summed E-state index contributed by atoms with van der Waals surface area (Å²) in [5.74, 6) is 0.964. The molecule has 1 amide bonds. The summed E-state index contributed by atoms with van der Waals surface area (Å²) < 4.78 is 0. The zero-order valence-electron chi connectivity index (χ0n) is 12.2. The van der Waals surface area contributed by atoms with E-state index in [0.717, 1.165) is 22.5 Å². The standard InChI is InChI=1S/C15H20ClN3O/c1-9(8-16)13(20)17-10-5-6-11-12(7-10)19-14(18-11)15(2,3)4/h5-7,9H,8H2,1-4H3,(H,17,20)(H,18,19). The topological polar surface area (TPSA) is 57.8 Å². The Balaban J connectivity index is 2.27. The van der Waals surface area contributed by atoms with Crippen molar-refractivity contribution in [3.63, 3.8) is 0 Å². The Morgan fingerprint density at radius 3 is 2.75 bits per heavy atom. The first-order chi connectivity index (χ1) is 9.31. The summed E-state index contributed by atoms with van der Waals surface area (Å²) in [6, 6.07) is 5.66. The number of halogens is 1. The van der Waals surface area contributed by atoms with Crippen molar-refractivity contribution in [1.29, 1.82) is 0 Å². The highest BCUT2D eigenvalue weighted by Gasteiger charge is 2.18. The number of aromatic amines is 1. The van der Waals surface area contributed by atoms with Crippen molar-refractivity contribution in [3.05, 3.63) is 24.0 Å². The molecule has 2 aromatic rings. The lowest BCUT2D eigenvalue weighted by molar-refractivity contribution is -0.118. The van der Waals surface area contributed by atoms with Gasteiger partial charge in [0.25, 0.3) is 0 Å². The van der Waals surface area contributed by atoms with E-state index in [4.69, 9.17) is 11.6 Å². The van der Waals surface area contributed by atoms with Crippen LogP contribution in [0.5, 0.6) is 0 Å². The molecular formula is C15H20ClN3O. The van der Waals surface area contributed by atoms with Crippen molar-refractivity contribution >= 4 is 34.2 Å². The van der Waals surface area contributed by atoms with Gasteiger partial charge in [-0.2, -0.15) is 0 Å². The second-order valence-electron chi connectivity index (χ2n) is 6.11. The number of amides is 1. The number of imidazole rings is 1. The van der Waals surface area contributed by atoms with Crippen LogP contribution in [0.2, 0.25) is 0 Å². The van der Waals surface area contributed by atoms with Crippen LogP contribution in [-0.2, 0) is 10.2 Å². The van der Waals surface area contributed by atoms with Crippen molar-refractivity contribution in [2.45, 2.75) is 33.1 Å². The quantitative estimate of drug-likeness (QED) is 0.848. The van der Waals surface area contributed by atoms with Crippen molar-refractivity contribution in [2.24, 2.45) is 5.92 Å². The largest absolute Gasteiger partial charge is 0.341 e. The van der Waals surface area contributed by atoms with Gasteiger partial charge in [0.1, 0.15) is 5.82 Å². The number of nitrogens with one attached hydrogen (secondary N) is 2. The maximum Gasteiger partial charge on any atom is 0.228 e. The molecular weight excluding hydrogens is 274 g/mol. The molecule has 0 radical (unpaired) electrons. The summed E-state index contributed by atoms with van der Waals surface area (Å²) in [4.78, 5) is 19.7. The molecule has 0 spiro atoms. The van der Waals surface area contributed by atoms with E-state index in [0.29, 0.717) is 5.88 Å². The molecule has 0 aliphatic heterocycles. The summed E-state index contributed by atoms with van der Waals surface area (Å²) in [6.45, 7) is 8.12. The summed E-state index contributed by atoms with van der Waals surface area (Å²) in [7, 11) is 0. The van der Waals surface area contributed by atoms with Crippen molar-refractivity contribution < 1.29 is 4.79 Å². The van der Waals surface area contributed by atoms with E-state index in [1.54, 1.807) is 6.92 Å². The van der Waals surface area contributed by atoms with Crippen molar-refractivity contribution in [2.75, 3.05) is 11.2 Å². The van der Waals surface area contributed by atoms with Gasteiger partial charge in [0, 0.05) is 22.9 Å². The third-order valence-electron chi connectivity index (χ3n) is 3.14. The van der Waals surface area contributed by atoms with Gasteiger partial charge in [0.2, 0.25) is 5.91 Å². The van der Waals surface area contributed by atoms with Crippen molar-refractivity contribution in [1.82, 2.24) is 9.97 Å². The zero-order valence-corrected chi connectivity index (χ0v) is 13.0. The number of anilines is 1. The van der Waals surface area contributed by atoms with Crippen LogP contribution in [-0.4, -0.2) is 21.8 Å². The van der Waals surface area contributed by atoms with Crippen LogP contribution >= 0.6 is 11.6 Å². The lowest BCUT2D eigenvalue weighted by atomic mass is 9.96. The minimum Gasteiger partial charge on any atom is -0.341 e. The van der Waals surface area contributed by atoms with E-state index < -0.39 is 0 Å². The molecule has 2 rings (SSSR count). The maximum atomic E-state index is 11.8. The molecule has 1 atom stereocenters. The lowest BCUT2D eigenvalue weighted by Gasteiger charge is -2.13. The highest BCUT2D eigenvalue weighted by Crippen LogP contribution is 2.24. The van der Waals surface area contributed by atoms with Crippen molar-refractivity contribution in [3.8, 4) is 0 Å². The van der Waals surface area contributed by atoms with Crippen LogP contribution in [0.4, 0.5) is 5.69 Å². The van der Waals surface area contributed by atoms with E-state index in [1.165, 1.54) is 0 Å². The molecule has 1 aromatic heterocycles. The third kappa shape index (κ3) is 3.12.